The molecule has 1 N–H and O–H groups in total. The van der Waals surface area contributed by atoms with Gasteiger partial charge >= 0.3 is 0 Å². The highest BCUT2D eigenvalue weighted by Crippen LogP contribution is 2.31. The van der Waals surface area contributed by atoms with Crippen molar-refractivity contribution in [3.63, 3.8) is 0 Å². The first-order valence-corrected chi connectivity index (χ1v) is 15.4. The fourth-order valence-corrected chi connectivity index (χ4v) is 5.49. The van der Waals surface area contributed by atoms with Crippen molar-refractivity contribution in [2.24, 2.45) is 5.92 Å². The van der Waals surface area contributed by atoms with E-state index in [2.05, 4.69) is 30.1 Å². The molecule has 4 rings (SSSR count). The average Bonchev–Trinajstić information content (AvgIpc) is 3.08. The molecule has 1 fully saturated rings. The Morgan fingerprint density at radius 3 is 2.40 bits per heavy atom. The molecule has 242 valence electrons. The van der Waals surface area contributed by atoms with Gasteiger partial charge in [-0.25, -0.2) is 0 Å². The maximum atomic E-state index is 6.54. The predicted molar refractivity (Wildman–Crippen MR) is 177 cm³/mol. The van der Waals surface area contributed by atoms with Gasteiger partial charge in [-0.05, 0) is 53.8 Å². The molecule has 1 aliphatic rings. The Labute approximate surface area is 267 Å². The number of methoxy groups -OCH3 is 3. The highest BCUT2D eigenvalue weighted by atomic mass is 16.7. The molecule has 0 saturated carbocycles. The highest BCUT2D eigenvalue weighted by molar-refractivity contribution is 5.89. The van der Waals surface area contributed by atoms with Crippen molar-refractivity contribution in [2.75, 3.05) is 54.4 Å². The number of fused-ring (bicyclic) bond motifs is 1. The molecule has 8 heteroatoms. The molecule has 0 spiro atoms. The third-order valence-corrected chi connectivity index (χ3v) is 7.79. The summed E-state index contributed by atoms with van der Waals surface area (Å²) in [7, 11) is 4.99. The summed E-state index contributed by atoms with van der Waals surface area (Å²) >= 11 is 0. The van der Waals surface area contributed by atoms with Crippen molar-refractivity contribution in [3.8, 4) is 11.5 Å². The number of benzene rings is 3. The summed E-state index contributed by atoms with van der Waals surface area (Å²) < 4.78 is 40.8. The number of piperidine rings is 1. The fraction of sp³-hybridized carbons (Fsp3) is 0.405. The summed E-state index contributed by atoms with van der Waals surface area (Å²) in [6.45, 7) is 9.99. The van der Waals surface area contributed by atoms with E-state index in [4.69, 9.17) is 33.2 Å². The number of ether oxygens (including phenoxy) is 7. The van der Waals surface area contributed by atoms with Crippen LogP contribution in [-0.2, 0) is 36.9 Å². The van der Waals surface area contributed by atoms with Crippen LogP contribution in [0.25, 0.3) is 10.8 Å². The molecule has 0 amide bonds. The molecule has 8 nitrogen and oxygen atoms in total. The molecule has 1 heterocycles. The number of nitrogens with one attached hydrogen (secondary N) is 1. The smallest absolute Gasteiger partial charge is 0.146 e. The Morgan fingerprint density at radius 2 is 1.62 bits per heavy atom. The minimum atomic E-state index is -0.164. The molecule has 3 aromatic carbocycles. The van der Waals surface area contributed by atoms with E-state index in [0.29, 0.717) is 39.5 Å². The zero-order chi connectivity index (χ0) is 31.9. The van der Waals surface area contributed by atoms with Crippen molar-refractivity contribution in [1.29, 1.82) is 0 Å². The van der Waals surface area contributed by atoms with E-state index in [0.717, 1.165) is 51.2 Å². The first-order chi connectivity index (χ1) is 22.1. The van der Waals surface area contributed by atoms with E-state index >= 15 is 0 Å². The summed E-state index contributed by atoms with van der Waals surface area (Å²) in [4.78, 5) is 0. The van der Waals surface area contributed by atoms with Gasteiger partial charge in [0.25, 0.3) is 0 Å². The zero-order valence-electron chi connectivity index (χ0n) is 27.0. The summed E-state index contributed by atoms with van der Waals surface area (Å²) in [5.41, 5.74) is 2.98. The SMILES string of the molecule is C=C(/C=C\C(=C/C)OCCCOCc1ccccc1OC)[C@@H]1[C@@H](OCc2cc(OC)c3ccccc3c2)CNC[C@H]1OCOC. The van der Waals surface area contributed by atoms with Gasteiger partial charge < -0.3 is 38.5 Å². The lowest BCUT2D eigenvalue weighted by molar-refractivity contribution is -0.123. The predicted octanol–water partition coefficient (Wildman–Crippen LogP) is 6.59. The third kappa shape index (κ3) is 9.91. The van der Waals surface area contributed by atoms with Crippen molar-refractivity contribution in [2.45, 2.75) is 38.8 Å². The van der Waals surface area contributed by atoms with Crippen LogP contribution in [-0.4, -0.2) is 66.6 Å². The van der Waals surface area contributed by atoms with Gasteiger partial charge in [0.15, 0.2) is 0 Å². The van der Waals surface area contributed by atoms with Gasteiger partial charge in [-0.2, -0.15) is 0 Å². The number of hydrogen-bond acceptors (Lipinski definition) is 8. The van der Waals surface area contributed by atoms with Crippen molar-refractivity contribution >= 4 is 10.8 Å². The minimum absolute atomic E-state index is 0.0820. The van der Waals surface area contributed by atoms with Gasteiger partial charge in [-0.15, -0.1) is 0 Å². The Kier molecular flexibility index (Phi) is 13.9. The third-order valence-electron chi connectivity index (χ3n) is 7.79. The van der Waals surface area contributed by atoms with Gasteiger partial charge in [0.2, 0.25) is 0 Å². The van der Waals surface area contributed by atoms with Gasteiger partial charge in [0, 0.05) is 43.5 Å². The molecular weight excluding hydrogens is 570 g/mol. The largest absolute Gasteiger partial charge is 0.496 e. The molecular formula is C37H47NO7. The van der Waals surface area contributed by atoms with Crippen LogP contribution < -0.4 is 14.8 Å². The van der Waals surface area contributed by atoms with Crippen LogP contribution in [0, 0.1) is 5.92 Å². The molecule has 1 saturated heterocycles. The molecule has 3 atom stereocenters. The molecule has 1 aliphatic heterocycles. The maximum absolute atomic E-state index is 6.54. The Morgan fingerprint density at radius 1 is 0.867 bits per heavy atom. The second-order valence-electron chi connectivity index (χ2n) is 10.8. The van der Waals surface area contributed by atoms with Crippen LogP contribution in [0.4, 0.5) is 0 Å². The van der Waals surface area contributed by atoms with E-state index in [1.807, 2.05) is 67.6 Å². The summed E-state index contributed by atoms with van der Waals surface area (Å²) in [6, 6.07) is 20.3. The van der Waals surface area contributed by atoms with E-state index in [1.165, 1.54) is 0 Å². The van der Waals surface area contributed by atoms with Crippen LogP contribution >= 0.6 is 0 Å². The topological polar surface area (TPSA) is 76.6 Å². The van der Waals surface area contributed by atoms with E-state index in [1.54, 1.807) is 21.3 Å². The molecule has 0 radical (unpaired) electrons. The van der Waals surface area contributed by atoms with Crippen molar-refractivity contribution in [3.05, 3.63) is 108 Å². The summed E-state index contributed by atoms with van der Waals surface area (Å²) in [5.74, 6) is 2.35. The van der Waals surface area contributed by atoms with Crippen LogP contribution in [0.5, 0.6) is 11.5 Å². The van der Waals surface area contributed by atoms with E-state index in [9.17, 15) is 0 Å². The first-order valence-electron chi connectivity index (χ1n) is 15.4. The number of rotatable bonds is 18. The molecule has 0 aromatic heterocycles. The lowest BCUT2D eigenvalue weighted by Gasteiger charge is -2.38. The number of allylic oxidation sites excluding steroid dienone is 3. The van der Waals surface area contributed by atoms with E-state index in [-0.39, 0.29) is 24.9 Å². The molecule has 0 unspecified atom stereocenters. The van der Waals surface area contributed by atoms with Crippen LogP contribution in [0.2, 0.25) is 0 Å². The average molecular weight is 618 g/mol. The zero-order valence-corrected chi connectivity index (χ0v) is 27.0. The minimum Gasteiger partial charge on any atom is -0.496 e. The standard InChI is InChI=1S/C37H47NO7/c1-6-31(43-19-11-18-42-25-30-13-8-10-15-33(30)40-4)17-16-27(2)37-35(22-38-23-36(37)45-26-39-3)44-24-28-20-29-12-7-9-14-32(29)34(21-28)41-5/h6-10,12-17,20-21,35-38H,2,11,18-19,22-26H2,1,3-5H3/b17-16-,31-6+/t35-,36+,37+/m0/s1. The second-order valence-corrected chi connectivity index (χ2v) is 10.8. The normalized spacial score (nSPS) is 18.8. The fourth-order valence-electron chi connectivity index (χ4n) is 5.49. The lowest BCUT2D eigenvalue weighted by atomic mass is 9.85. The summed E-state index contributed by atoms with van der Waals surface area (Å²) in [5, 5.41) is 5.65. The van der Waals surface area contributed by atoms with E-state index < -0.39 is 0 Å². The van der Waals surface area contributed by atoms with Crippen LogP contribution in [0.15, 0.2) is 96.8 Å². The highest BCUT2D eigenvalue weighted by Gasteiger charge is 2.36. The number of hydrogen-bond donors (Lipinski definition) is 1. The van der Waals surface area contributed by atoms with Crippen LogP contribution in [0.3, 0.4) is 0 Å². The quantitative estimate of drug-likeness (QED) is 0.0742. The number of para-hydroxylation sites is 1. The maximum Gasteiger partial charge on any atom is 0.146 e. The van der Waals surface area contributed by atoms with Crippen LogP contribution in [0.1, 0.15) is 24.5 Å². The second kappa shape index (κ2) is 18.3. The Bertz CT molecular complexity index is 1420. The molecule has 0 bridgehead atoms. The molecule has 0 aliphatic carbocycles. The van der Waals surface area contributed by atoms with Crippen molar-refractivity contribution in [1.82, 2.24) is 5.32 Å². The first kappa shape index (κ1) is 34.2. The van der Waals surface area contributed by atoms with Crippen molar-refractivity contribution < 1.29 is 33.2 Å². The molecule has 45 heavy (non-hydrogen) atoms. The lowest BCUT2D eigenvalue weighted by Crippen LogP contribution is -2.52. The van der Waals surface area contributed by atoms with Gasteiger partial charge in [-0.1, -0.05) is 55.1 Å². The van der Waals surface area contributed by atoms with Gasteiger partial charge in [0.05, 0.1) is 52.9 Å². The molecule has 3 aromatic rings. The van der Waals surface area contributed by atoms with Gasteiger partial charge in [0.1, 0.15) is 24.1 Å². The monoisotopic (exact) mass is 617 g/mol. The Balaban J connectivity index is 1.33. The Hall–Kier alpha value is -3.66. The van der Waals surface area contributed by atoms with Gasteiger partial charge in [-0.3, -0.25) is 0 Å². The summed E-state index contributed by atoms with van der Waals surface area (Å²) in [6.07, 6.45) is 6.34.